The normalized spacial score (nSPS) is 11.8. The smallest absolute Gasteiger partial charge is 0.306 e. The van der Waals surface area contributed by atoms with Crippen LogP contribution in [-0.4, -0.2) is 40.7 Å². The highest BCUT2D eigenvalue weighted by Gasteiger charge is 2.12. The maximum absolute atomic E-state index is 10.5. The summed E-state index contributed by atoms with van der Waals surface area (Å²) in [5.41, 5.74) is -0.102. The molecule has 1 rings (SSSR count). The number of nitrogens with one attached hydrogen (secondary N) is 1. The van der Waals surface area contributed by atoms with Gasteiger partial charge in [0.05, 0.1) is 17.4 Å². The van der Waals surface area contributed by atoms with E-state index in [1.54, 1.807) is 0 Å². The van der Waals surface area contributed by atoms with Crippen LogP contribution in [0.25, 0.3) is 0 Å². The van der Waals surface area contributed by atoms with Gasteiger partial charge in [0, 0.05) is 19.7 Å². The van der Waals surface area contributed by atoms with Crippen molar-refractivity contribution in [2.75, 3.05) is 19.0 Å². The number of nitro groups is 1. The summed E-state index contributed by atoms with van der Waals surface area (Å²) < 4.78 is 4.97. The molecule has 2 N–H and O–H groups in total. The maximum atomic E-state index is 10.5. The number of anilines is 1. The molecular weight excluding hydrogens is 242 g/mol. The van der Waals surface area contributed by atoms with E-state index in [0.717, 1.165) is 6.20 Å². The molecule has 0 saturated carbocycles. The Hall–Kier alpha value is -2.22. The van der Waals surface area contributed by atoms with Gasteiger partial charge in [0.15, 0.2) is 0 Å². The Kier molecular flexibility index (Phi) is 5.00. The summed E-state index contributed by atoms with van der Waals surface area (Å²) in [7, 11) is 1.42. The summed E-state index contributed by atoms with van der Waals surface area (Å²) in [6.45, 7) is 0.258. The third-order valence-electron chi connectivity index (χ3n) is 2.21. The van der Waals surface area contributed by atoms with Crippen LogP contribution in [0.2, 0.25) is 0 Å². The number of aliphatic carboxylic acids is 1. The predicted molar refractivity (Wildman–Crippen MR) is 62.4 cm³/mol. The molecule has 18 heavy (non-hydrogen) atoms. The van der Waals surface area contributed by atoms with Gasteiger partial charge in [-0.2, -0.15) is 0 Å². The lowest BCUT2D eigenvalue weighted by atomic mass is 10.2. The lowest BCUT2D eigenvalue weighted by Gasteiger charge is -2.13. The van der Waals surface area contributed by atoms with Gasteiger partial charge in [-0.25, -0.2) is 4.98 Å². The fourth-order valence-electron chi connectivity index (χ4n) is 1.25. The van der Waals surface area contributed by atoms with Crippen molar-refractivity contribution in [3.05, 3.63) is 28.4 Å². The van der Waals surface area contributed by atoms with Crippen LogP contribution < -0.4 is 5.32 Å². The zero-order valence-corrected chi connectivity index (χ0v) is 9.70. The van der Waals surface area contributed by atoms with E-state index < -0.39 is 17.0 Å². The highest BCUT2D eigenvalue weighted by atomic mass is 16.6. The van der Waals surface area contributed by atoms with Gasteiger partial charge in [-0.3, -0.25) is 14.9 Å². The SMILES string of the molecule is COC(CNc1ccc([N+](=O)[O-])cn1)CC(=O)O. The minimum absolute atomic E-state index is 0.102. The molecule has 0 fully saturated rings. The minimum atomic E-state index is -0.958. The number of rotatable bonds is 7. The molecule has 8 nitrogen and oxygen atoms in total. The average Bonchev–Trinajstić information content (AvgIpc) is 2.34. The van der Waals surface area contributed by atoms with Crippen LogP contribution in [0.15, 0.2) is 18.3 Å². The first-order chi connectivity index (χ1) is 8.52. The van der Waals surface area contributed by atoms with Gasteiger partial charge in [0.1, 0.15) is 12.0 Å². The number of aromatic nitrogens is 1. The van der Waals surface area contributed by atoms with Crippen LogP contribution in [0.5, 0.6) is 0 Å². The molecule has 8 heteroatoms. The lowest BCUT2D eigenvalue weighted by molar-refractivity contribution is -0.385. The van der Waals surface area contributed by atoms with E-state index in [9.17, 15) is 14.9 Å². The van der Waals surface area contributed by atoms with Gasteiger partial charge in [-0.1, -0.05) is 0 Å². The Bertz CT molecular complexity index is 420. The second-order valence-electron chi connectivity index (χ2n) is 3.50. The maximum Gasteiger partial charge on any atom is 0.306 e. The molecular formula is C10H13N3O5. The summed E-state index contributed by atoms with van der Waals surface area (Å²) in [5.74, 6) is -0.534. The standard InChI is InChI=1S/C10H13N3O5/c1-18-8(4-10(14)15)6-12-9-3-2-7(5-11-9)13(16)17/h2-3,5,8H,4,6H2,1H3,(H,11,12)(H,14,15). The summed E-state index contributed by atoms with van der Waals surface area (Å²) >= 11 is 0. The van der Waals surface area contributed by atoms with Crippen molar-refractivity contribution >= 4 is 17.5 Å². The molecule has 0 aliphatic rings. The number of hydrogen-bond acceptors (Lipinski definition) is 6. The molecule has 1 aromatic rings. The Labute approximate surface area is 103 Å². The van der Waals surface area contributed by atoms with Gasteiger partial charge < -0.3 is 15.2 Å². The number of hydrogen-bond donors (Lipinski definition) is 2. The highest BCUT2D eigenvalue weighted by molar-refractivity contribution is 5.67. The van der Waals surface area contributed by atoms with E-state index in [1.807, 2.05) is 0 Å². The lowest BCUT2D eigenvalue weighted by Crippen LogP contribution is -2.25. The van der Waals surface area contributed by atoms with Crippen molar-refractivity contribution in [1.29, 1.82) is 0 Å². The molecule has 0 bridgehead atoms. The van der Waals surface area contributed by atoms with E-state index in [1.165, 1.54) is 19.2 Å². The molecule has 98 valence electrons. The second-order valence-corrected chi connectivity index (χ2v) is 3.50. The molecule has 0 aliphatic heterocycles. The molecule has 0 aliphatic carbocycles. The molecule has 1 aromatic heterocycles. The highest BCUT2D eigenvalue weighted by Crippen LogP contribution is 2.12. The number of carboxylic acids is 1. The molecule has 1 atom stereocenters. The summed E-state index contributed by atoms with van der Waals surface area (Å²) in [6.07, 6.45) is 0.511. The van der Waals surface area contributed by atoms with Crippen molar-refractivity contribution in [3.63, 3.8) is 0 Å². The Balaban J connectivity index is 2.52. The van der Waals surface area contributed by atoms with E-state index in [4.69, 9.17) is 9.84 Å². The van der Waals surface area contributed by atoms with Crippen molar-refractivity contribution in [2.24, 2.45) is 0 Å². The van der Waals surface area contributed by atoms with Crippen LogP contribution in [0.3, 0.4) is 0 Å². The number of nitrogens with zero attached hydrogens (tertiary/aromatic N) is 2. The molecule has 0 amide bonds. The van der Waals surface area contributed by atoms with Gasteiger partial charge in [-0.15, -0.1) is 0 Å². The topological polar surface area (TPSA) is 115 Å². The largest absolute Gasteiger partial charge is 0.481 e. The molecule has 0 aromatic carbocycles. The number of carboxylic acid groups (broad SMARTS) is 1. The Morgan fingerprint density at radius 1 is 1.67 bits per heavy atom. The van der Waals surface area contributed by atoms with Gasteiger partial charge in [0.25, 0.3) is 5.69 Å². The van der Waals surface area contributed by atoms with Crippen LogP contribution >= 0.6 is 0 Å². The first kappa shape index (κ1) is 13.8. The van der Waals surface area contributed by atoms with Crippen LogP contribution in [0.1, 0.15) is 6.42 Å². The first-order valence-electron chi connectivity index (χ1n) is 5.12. The quantitative estimate of drug-likeness (QED) is 0.549. The third kappa shape index (κ3) is 4.34. The number of carbonyl (C=O) groups is 1. The number of ether oxygens (including phenoxy) is 1. The molecule has 0 radical (unpaired) electrons. The van der Waals surface area contributed by atoms with E-state index in [-0.39, 0.29) is 18.7 Å². The van der Waals surface area contributed by atoms with Crippen molar-refractivity contribution in [2.45, 2.75) is 12.5 Å². The van der Waals surface area contributed by atoms with Gasteiger partial charge in [0.2, 0.25) is 0 Å². The summed E-state index contributed by atoms with van der Waals surface area (Å²) in [4.78, 5) is 24.2. The zero-order chi connectivity index (χ0) is 13.5. The van der Waals surface area contributed by atoms with E-state index in [0.29, 0.717) is 5.82 Å². The van der Waals surface area contributed by atoms with Crippen LogP contribution in [0.4, 0.5) is 11.5 Å². The minimum Gasteiger partial charge on any atom is -0.481 e. The fraction of sp³-hybridized carbons (Fsp3) is 0.400. The van der Waals surface area contributed by atoms with Crippen LogP contribution in [0, 0.1) is 10.1 Å². The fourth-order valence-corrected chi connectivity index (χ4v) is 1.25. The zero-order valence-electron chi connectivity index (χ0n) is 9.70. The Morgan fingerprint density at radius 3 is 2.83 bits per heavy atom. The first-order valence-corrected chi connectivity index (χ1v) is 5.12. The monoisotopic (exact) mass is 255 g/mol. The molecule has 1 unspecified atom stereocenters. The van der Waals surface area contributed by atoms with Crippen molar-refractivity contribution < 1.29 is 19.6 Å². The van der Waals surface area contributed by atoms with Gasteiger partial charge in [-0.05, 0) is 6.07 Å². The molecule has 0 spiro atoms. The van der Waals surface area contributed by atoms with Crippen molar-refractivity contribution in [3.8, 4) is 0 Å². The summed E-state index contributed by atoms with van der Waals surface area (Å²) in [5, 5.41) is 21.9. The third-order valence-corrected chi connectivity index (χ3v) is 2.21. The molecule has 0 saturated heterocycles. The summed E-state index contributed by atoms with van der Waals surface area (Å²) in [6, 6.07) is 2.76. The van der Waals surface area contributed by atoms with Crippen molar-refractivity contribution in [1.82, 2.24) is 4.98 Å². The number of methoxy groups -OCH3 is 1. The molecule has 1 heterocycles. The number of pyridine rings is 1. The predicted octanol–water partition coefficient (Wildman–Crippen LogP) is 0.891. The van der Waals surface area contributed by atoms with Gasteiger partial charge >= 0.3 is 5.97 Å². The second kappa shape index (κ2) is 6.50. The Morgan fingerprint density at radius 2 is 2.39 bits per heavy atom. The van der Waals surface area contributed by atoms with E-state index >= 15 is 0 Å². The van der Waals surface area contributed by atoms with E-state index in [2.05, 4.69) is 10.3 Å². The average molecular weight is 255 g/mol. The van der Waals surface area contributed by atoms with Crippen LogP contribution in [-0.2, 0) is 9.53 Å².